The van der Waals surface area contributed by atoms with Gasteiger partial charge in [-0.05, 0) is 44.0 Å². The van der Waals surface area contributed by atoms with E-state index in [0.717, 1.165) is 25.9 Å². The van der Waals surface area contributed by atoms with Crippen molar-refractivity contribution >= 4 is 16.7 Å². The number of hydrogen-bond acceptors (Lipinski definition) is 6. The summed E-state index contributed by atoms with van der Waals surface area (Å²) in [6.45, 7) is 2.76. The number of benzene rings is 2. The van der Waals surface area contributed by atoms with Gasteiger partial charge in [-0.15, -0.1) is 5.10 Å². The van der Waals surface area contributed by atoms with Crippen LogP contribution in [0.15, 0.2) is 42.5 Å². The molecule has 0 spiro atoms. The number of piperidine rings is 1. The number of nitrogens with two attached hydrogens (primary N) is 2. The molecule has 1 aromatic heterocycles. The van der Waals surface area contributed by atoms with Crippen LogP contribution in [0.4, 0.5) is 5.82 Å². The summed E-state index contributed by atoms with van der Waals surface area (Å²) in [6.07, 6.45) is 2.24. The molecule has 7 nitrogen and oxygen atoms in total. The van der Waals surface area contributed by atoms with Crippen molar-refractivity contribution in [3.05, 3.63) is 42.5 Å². The van der Waals surface area contributed by atoms with Crippen molar-refractivity contribution in [3.8, 4) is 17.2 Å². The van der Waals surface area contributed by atoms with Gasteiger partial charge in [-0.3, -0.25) is 0 Å². The van der Waals surface area contributed by atoms with Gasteiger partial charge in [0.25, 0.3) is 0 Å². The molecule has 0 unspecified atom stereocenters. The molecule has 0 amide bonds. The molecule has 1 saturated heterocycles. The summed E-state index contributed by atoms with van der Waals surface area (Å²) in [4.78, 5) is 1.26. The normalized spacial score (nSPS) is 15.2. The average Bonchev–Trinajstić information content (AvgIpc) is 2.96. The van der Waals surface area contributed by atoms with Crippen LogP contribution in [0.25, 0.3) is 10.9 Å². The summed E-state index contributed by atoms with van der Waals surface area (Å²) in [7, 11) is 0. The molecule has 0 saturated carbocycles. The predicted octanol–water partition coefficient (Wildman–Crippen LogP) is 2.50. The van der Waals surface area contributed by atoms with E-state index in [-0.39, 0.29) is 0 Å². The number of anilines is 1. The lowest BCUT2D eigenvalue weighted by molar-refractivity contribution is 0.215. The van der Waals surface area contributed by atoms with Gasteiger partial charge in [0.2, 0.25) is 0 Å². The molecule has 26 heavy (non-hydrogen) atoms. The first kappa shape index (κ1) is 16.5. The van der Waals surface area contributed by atoms with Crippen LogP contribution in [0, 0.1) is 5.92 Å². The largest absolute Gasteiger partial charge is 0.493 e. The second-order valence-electron chi connectivity index (χ2n) is 6.56. The van der Waals surface area contributed by atoms with E-state index in [2.05, 4.69) is 10.4 Å². The van der Waals surface area contributed by atoms with Gasteiger partial charge in [-0.1, -0.05) is 18.2 Å². The average molecular weight is 353 g/mol. The summed E-state index contributed by atoms with van der Waals surface area (Å²) in [6, 6.07) is 13.3. The van der Waals surface area contributed by atoms with Gasteiger partial charge in [0.1, 0.15) is 22.8 Å². The molecule has 0 aliphatic carbocycles. The topological polar surface area (TPSA) is 100 Å². The summed E-state index contributed by atoms with van der Waals surface area (Å²) in [5.41, 5.74) is 6.71. The quantitative estimate of drug-likeness (QED) is 0.609. The van der Waals surface area contributed by atoms with Gasteiger partial charge in [0.15, 0.2) is 5.82 Å². The smallest absolute Gasteiger partial charge is 0.159 e. The van der Waals surface area contributed by atoms with Crippen molar-refractivity contribution in [2.75, 3.05) is 31.3 Å². The van der Waals surface area contributed by atoms with Gasteiger partial charge in [-0.2, -0.15) is 4.79 Å². The third kappa shape index (κ3) is 3.39. The molecule has 2 aromatic carbocycles. The minimum atomic E-state index is 0.332. The van der Waals surface area contributed by atoms with Gasteiger partial charge in [0.05, 0.1) is 12.0 Å². The molecule has 136 valence electrons. The standard InChI is InChI=1S/C19H23N5O2/c20-19-18-16(24(21)23-19)10-15(25-12-13-6-8-22-9-7-13)11-17(18)26-14-4-2-1-3-5-14/h1-5,10-11,13,22H,6-9,12,21H2,(H2,20,23). The molecule has 1 aliphatic heterocycles. The molecule has 2 heterocycles. The van der Waals surface area contributed by atoms with Crippen LogP contribution in [0.5, 0.6) is 17.2 Å². The van der Waals surface area contributed by atoms with Crippen LogP contribution in [-0.2, 0) is 0 Å². The molecule has 5 N–H and O–H groups in total. The number of nitrogens with one attached hydrogen (secondary N) is 1. The maximum absolute atomic E-state index is 6.05. The Hall–Kier alpha value is -2.93. The molecule has 0 atom stereocenters. The van der Waals surface area contributed by atoms with Crippen LogP contribution in [-0.4, -0.2) is 29.6 Å². The number of nitrogens with zero attached hydrogens (tertiary/aromatic N) is 2. The van der Waals surface area contributed by atoms with Gasteiger partial charge < -0.3 is 26.4 Å². The Labute approximate surface area is 151 Å². The summed E-state index contributed by atoms with van der Waals surface area (Å²) < 4.78 is 12.1. The second-order valence-corrected chi connectivity index (χ2v) is 6.56. The van der Waals surface area contributed by atoms with E-state index in [0.29, 0.717) is 46.5 Å². The van der Waals surface area contributed by atoms with E-state index < -0.39 is 0 Å². The Kier molecular flexibility index (Phi) is 4.53. The predicted molar refractivity (Wildman–Crippen MR) is 102 cm³/mol. The Bertz CT molecular complexity index is 888. The van der Waals surface area contributed by atoms with Crippen LogP contribution < -0.4 is 26.4 Å². The number of para-hydroxylation sites is 1. The Morgan fingerprint density at radius 2 is 1.88 bits per heavy atom. The highest BCUT2D eigenvalue weighted by Crippen LogP contribution is 2.37. The Morgan fingerprint density at radius 1 is 1.12 bits per heavy atom. The van der Waals surface area contributed by atoms with Crippen molar-refractivity contribution in [1.29, 1.82) is 0 Å². The lowest BCUT2D eigenvalue weighted by Gasteiger charge is -2.22. The molecule has 1 aliphatic rings. The molecule has 4 rings (SSSR count). The SMILES string of the molecule is Nc1nn(N)c2cc(OCC3CCNCC3)cc(Oc3ccccc3)c12. The van der Waals surface area contributed by atoms with E-state index in [1.54, 1.807) is 0 Å². The van der Waals surface area contributed by atoms with Gasteiger partial charge in [-0.25, -0.2) is 0 Å². The highest BCUT2D eigenvalue weighted by molar-refractivity contribution is 5.96. The first-order chi connectivity index (χ1) is 12.7. The van der Waals surface area contributed by atoms with E-state index in [1.165, 1.54) is 4.79 Å². The Balaban J connectivity index is 1.64. The van der Waals surface area contributed by atoms with Crippen molar-refractivity contribution in [1.82, 2.24) is 15.2 Å². The monoisotopic (exact) mass is 353 g/mol. The summed E-state index contributed by atoms with van der Waals surface area (Å²) in [5.74, 6) is 8.84. The minimum Gasteiger partial charge on any atom is -0.493 e. The van der Waals surface area contributed by atoms with Crippen molar-refractivity contribution in [3.63, 3.8) is 0 Å². The fourth-order valence-electron chi connectivity index (χ4n) is 3.28. The molecule has 3 aromatic rings. The van der Waals surface area contributed by atoms with Crippen LogP contribution in [0.1, 0.15) is 12.8 Å². The van der Waals surface area contributed by atoms with Crippen molar-refractivity contribution in [2.45, 2.75) is 12.8 Å². The van der Waals surface area contributed by atoms with E-state index in [9.17, 15) is 0 Å². The molecular formula is C19H23N5O2. The molecule has 0 radical (unpaired) electrons. The van der Waals surface area contributed by atoms with Crippen LogP contribution >= 0.6 is 0 Å². The molecule has 1 fully saturated rings. The summed E-state index contributed by atoms with van der Waals surface area (Å²) in [5, 5.41) is 8.16. The van der Waals surface area contributed by atoms with Crippen molar-refractivity contribution in [2.24, 2.45) is 5.92 Å². The number of nitrogen functional groups attached to an aromatic ring is 2. The first-order valence-electron chi connectivity index (χ1n) is 8.84. The number of rotatable bonds is 5. The highest BCUT2D eigenvalue weighted by Gasteiger charge is 2.18. The second kappa shape index (κ2) is 7.13. The fourth-order valence-corrected chi connectivity index (χ4v) is 3.28. The lowest BCUT2D eigenvalue weighted by atomic mass is 9.99. The number of ether oxygens (including phenoxy) is 2. The van der Waals surface area contributed by atoms with E-state index in [4.69, 9.17) is 21.1 Å². The summed E-state index contributed by atoms with van der Waals surface area (Å²) >= 11 is 0. The zero-order valence-electron chi connectivity index (χ0n) is 14.5. The number of fused-ring (bicyclic) bond motifs is 1. The zero-order chi connectivity index (χ0) is 17.9. The maximum Gasteiger partial charge on any atom is 0.159 e. The van der Waals surface area contributed by atoms with Crippen molar-refractivity contribution < 1.29 is 9.47 Å². The van der Waals surface area contributed by atoms with E-state index in [1.807, 2.05) is 42.5 Å². The lowest BCUT2D eigenvalue weighted by Crippen LogP contribution is -2.30. The van der Waals surface area contributed by atoms with Gasteiger partial charge in [0, 0.05) is 12.1 Å². The maximum atomic E-state index is 6.05. The molecular weight excluding hydrogens is 330 g/mol. The number of aromatic nitrogens is 2. The molecule has 7 heteroatoms. The Morgan fingerprint density at radius 3 is 2.65 bits per heavy atom. The fraction of sp³-hybridized carbons (Fsp3) is 0.316. The van der Waals surface area contributed by atoms with Crippen LogP contribution in [0.3, 0.4) is 0 Å². The van der Waals surface area contributed by atoms with E-state index >= 15 is 0 Å². The first-order valence-corrected chi connectivity index (χ1v) is 8.84. The van der Waals surface area contributed by atoms with Gasteiger partial charge >= 0.3 is 0 Å². The third-order valence-electron chi connectivity index (χ3n) is 4.69. The third-order valence-corrected chi connectivity index (χ3v) is 4.69. The number of hydrogen-bond donors (Lipinski definition) is 3. The highest BCUT2D eigenvalue weighted by atomic mass is 16.5. The zero-order valence-corrected chi connectivity index (χ0v) is 14.5. The molecule has 0 bridgehead atoms. The minimum absolute atomic E-state index is 0.332. The van der Waals surface area contributed by atoms with Crippen LogP contribution in [0.2, 0.25) is 0 Å².